The van der Waals surface area contributed by atoms with E-state index in [1.165, 1.54) is 12.8 Å². The molecule has 124 valence electrons. The van der Waals surface area contributed by atoms with Crippen molar-refractivity contribution >= 4 is 11.6 Å². The highest BCUT2D eigenvalue weighted by atomic mass is 35.5. The van der Waals surface area contributed by atoms with Crippen molar-refractivity contribution in [2.24, 2.45) is 23.3 Å². The summed E-state index contributed by atoms with van der Waals surface area (Å²) in [5, 5.41) is 11.2. The minimum Gasteiger partial charge on any atom is -0.392 e. The van der Waals surface area contributed by atoms with Gasteiger partial charge in [-0.15, -0.1) is 11.6 Å². The molecular weight excluding hydrogens is 286 g/mol. The lowest BCUT2D eigenvalue weighted by atomic mass is 9.72. The van der Waals surface area contributed by atoms with Gasteiger partial charge < -0.3 is 16.6 Å². The third-order valence-electron chi connectivity index (χ3n) is 5.56. The molecule has 0 saturated heterocycles. The van der Waals surface area contributed by atoms with Crippen molar-refractivity contribution in [1.82, 2.24) is 4.90 Å². The van der Waals surface area contributed by atoms with Crippen LogP contribution in [0.2, 0.25) is 0 Å². The van der Waals surface area contributed by atoms with E-state index >= 15 is 0 Å². The standard InChI is InChI=1S/C16H32ClN3O/c1-11(19)20(10-18)15-5-3-2-4-14(15)16(21)12-6-8-13(17)9-7-12/h11-16,21H,2-10,18-19H2,1H3. The molecule has 2 rings (SSSR count). The van der Waals surface area contributed by atoms with E-state index in [1.807, 2.05) is 6.92 Å². The van der Waals surface area contributed by atoms with Crippen LogP contribution in [0.5, 0.6) is 0 Å². The van der Waals surface area contributed by atoms with Crippen LogP contribution in [-0.4, -0.2) is 40.4 Å². The van der Waals surface area contributed by atoms with Crippen molar-refractivity contribution in [1.29, 1.82) is 0 Å². The largest absolute Gasteiger partial charge is 0.392 e. The minimum absolute atomic E-state index is 0.0496. The van der Waals surface area contributed by atoms with Crippen molar-refractivity contribution in [3.63, 3.8) is 0 Å². The number of nitrogens with two attached hydrogens (primary N) is 2. The summed E-state index contributed by atoms with van der Waals surface area (Å²) in [5.74, 6) is 0.712. The number of hydrogen-bond donors (Lipinski definition) is 3. The average Bonchev–Trinajstić information content (AvgIpc) is 2.48. The van der Waals surface area contributed by atoms with Crippen molar-refractivity contribution in [2.75, 3.05) is 6.67 Å². The Balaban J connectivity index is 2.03. The second-order valence-corrected chi connectivity index (χ2v) is 7.57. The highest BCUT2D eigenvalue weighted by molar-refractivity contribution is 6.20. The number of alkyl halides is 1. The molecule has 2 fully saturated rings. The first kappa shape index (κ1) is 17.5. The first-order valence-electron chi connectivity index (χ1n) is 8.58. The van der Waals surface area contributed by atoms with Gasteiger partial charge in [0.25, 0.3) is 0 Å². The molecule has 0 bridgehead atoms. The summed E-state index contributed by atoms with van der Waals surface area (Å²) in [4.78, 5) is 2.17. The maximum atomic E-state index is 10.9. The van der Waals surface area contributed by atoms with Crippen LogP contribution in [0.15, 0.2) is 0 Å². The fraction of sp³-hybridized carbons (Fsp3) is 1.00. The Morgan fingerprint density at radius 3 is 2.33 bits per heavy atom. The summed E-state index contributed by atoms with van der Waals surface area (Å²) in [6, 6.07) is 0.326. The predicted octanol–water partition coefficient (Wildman–Crippen LogP) is 2.23. The topological polar surface area (TPSA) is 75.5 Å². The molecule has 0 amide bonds. The minimum atomic E-state index is -0.229. The van der Waals surface area contributed by atoms with Crippen LogP contribution in [0, 0.1) is 11.8 Å². The maximum absolute atomic E-state index is 10.9. The van der Waals surface area contributed by atoms with Gasteiger partial charge in [0.2, 0.25) is 0 Å². The quantitative estimate of drug-likeness (QED) is 0.537. The Morgan fingerprint density at radius 1 is 1.14 bits per heavy atom. The number of aliphatic hydroxyl groups excluding tert-OH is 1. The number of hydrogen-bond acceptors (Lipinski definition) is 4. The molecule has 5 N–H and O–H groups in total. The van der Waals surface area contributed by atoms with Gasteiger partial charge in [0.05, 0.1) is 12.3 Å². The van der Waals surface area contributed by atoms with Gasteiger partial charge in [0.1, 0.15) is 0 Å². The molecule has 0 aromatic heterocycles. The summed E-state index contributed by atoms with van der Waals surface area (Å²) in [6.45, 7) is 2.46. The number of halogens is 1. The summed E-state index contributed by atoms with van der Waals surface area (Å²) in [7, 11) is 0. The second kappa shape index (κ2) is 8.11. The highest BCUT2D eigenvalue weighted by Gasteiger charge is 2.39. The lowest BCUT2D eigenvalue weighted by molar-refractivity contribution is -0.0356. The van der Waals surface area contributed by atoms with E-state index in [9.17, 15) is 5.11 Å². The van der Waals surface area contributed by atoms with Crippen LogP contribution in [0.25, 0.3) is 0 Å². The SMILES string of the molecule is CC(N)N(CN)C1CCCCC1C(O)C1CCC(Cl)CC1. The molecule has 4 atom stereocenters. The molecule has 5 heteroatoms. The molecule has 0 aromatic carbocycles. The molecular formula is C16H32ClN3O. The van der Waals surface area contributed by atoms with Gasteiger partial charge in [-0.2, -0.15) is 0 Å². The van der Waals surface area contributed by atoms with Crippen molar-refractivity contribution in [3.8, 4) is 0 Å². The van der Waals surface area contributed by atoms with Gasteiger partial charge in [-0.1, -0.05) is 12.8 Å². The van der Waals surface area contributed by atoms with E-state index in [0.29, 0.717) is 29.9 Å². The second-order valence-electron chi connectivity index (χ2n) is 6.96. The van der Waals surface area contributed by atoms with E-state index in [-0.39, 0.29) is 12.3 Å². The van der Waals surface area contributed by atoms with Gasteiger partial charge in [0, 0.05) is 24.0 Å². The van der Waals surface area contributed by atoms with Crippen LogP contribution in [0.4, 0.5) is 0 Å². The first-order valence-corrected chi connectivity index (χ1v) is 9.01. The Labute approximate surface area is 134 Å². The summed E-state index contributed by atoms with van der Waals surface area (Å²) >= 11 is 6.19. The van der Waals surface area contributed by atoms with Gasteiger partial charge in [-0.25, -0.2) is 0 Å². The maximum Gasteiger partial charge on any atom is 0.0611 e. The highest BCUT2D eigenvalue weighted by Crippen LogP contribution is 2.38. The fourth-order valence-corrected chi connectivity index (χ4v) is 4.58. The third kappa shape index (κ3) is 4.32. The summed E-state index contributed by atoms with van der Waals surface area (Å²) in [5.41, 5.74) is 12.0. The van der Waals surface area contributed by atoms with E-state index in [2.05, 4.69) is 4.90 Å². The lowest BCUT2D eigenvalue weighted by Crippen LogP contribution is -2.55. The Kier molecular flexibility index (Phi) is 6.76. The fourth-order valence-electron chi connectivity index (χ4n) is 4.32. The molecule has 0 spiro atoms. The Bertz CT molecular complexity index is 308. The van der Waals surface area contributed by atoms with Gasteiger partial charge in [-0.05, 0) is 51.4 Å². The third-order valence-corrected chi connectivity index (χ3v) is 6.00. The molecule has 2 saturated carbocycles. The monoisotopic (exact) mass is 317 g/mol. The van der Waals surface area contributed by atoms with Crippen LogP contribution >= 0.6 is 11.6 Å². The van der Waals surface area contributed by atoms with Crippen molar-refractivity contribution in [2.45, 2.75) is 82.0 Å². The van der Waals surface area contributed by atoms with Crippen LogP contribution in [-0.2, 0) is 0 Å². The summed E-state index contributed by atoms with van der Waals surface area (Å²) < 4.78 is 0. The van der Waals surface area contributed by atoms with Crippen molar-refractivity contribution in [3.05, 3.63) is 0 Å². The molecule has 0 heterocycles. The number of aliphatic hydroxyl groups is 1. The zero-order valence-corrected chi connectivity index (χ0v) is 14.0. The van der Waals surface area contributed by atoms with Crippen LogP contribution < -0.4 is 11.5 Å². The molecule has 2 aliphatic rings. The van der Waals surface area contributed by atoms with Crippen molar-refractivity contribution < 1.29 is 5.11 Å². The zero-order valence-electron chi connectivity index (χ0n) is 13.3. The van der Waals surface area contributed by atoms with E-state index in [0.717, 1.165) is 38.5 Å². The molecule has 4 nitrogen and oxygen atoms in total. The number of nitrogens with zero attached hydrogens (tertiary/aromatic N) is 1. The van der Waals surface area contributed by atoms with Gasteiger partial charge in [-0.3, -0.25) is 4.90 Å². The predicted molar refractivity (Wildman–Crippen MR) is 87.9 cm³/mol. The normalized spacial score (nSPS) is 37.4. The summed E-state index contributed by atoms with van der Waals surface area (Å²) in [6.07, 6.45) is 8.52. The van der Waals surface area contributed by atoms with Crippen LogP contribution in [0.1, 0.15) is 58.3 Å². The van der Waals surface area contributed by atoms with E-state index in [1.54, 1.807) is 0 Å². The molecule has 0 aliphatic heterocycles. The molecule has 0 aromatic rings. The van der Waals surface area contributed by atoms with Crippen LogP contribution in [0.3, 0.4) is 0 Å². The smallest absolute Gasteiger partial charge is 0.0611 e. The van der Waals surface area contributed by atoms with Gasteiger partial charge in [0.15, 0.2) is 0 Å². The first-order chi connectivity index (χ1) is 10.0. The zero-order chi connectivity index (χ0) is 15.4. The Morgan fingerprint density at radius 2 is 1.76 bits per heavy atom. The van der Waals surface area contributed by atoms with E-state index in [4.69, 9.17) is 23.1 Å². The number of rotatable bonds is 5. The average molecular weight is 318 g/mol. The van der Waals surface area contributed by atoms with Gasteiger partial charge >= 0.3 is 0 Å². The molecule has 2 aliphatic carbocycles. The molecule has 0 radical (unpaired) electrons. The Hall–Kier alpha value is 0.130. The lowest BCUT2D eigenvalue weighted by Gasteiger charge is -2.45. The molecule has 4 unspecified atom stereocenters. The molecule has 21 heavy (non-hydrogen) atoms. The van der Waals surface area contributed by atoms with E-state index < -0.39 is 0 Å².